The number of carbonyl (C=O) groups is 2. The zero-order valence-electron chi connectivity index (χ0n) is 22.7. The Labute approximate surface area is 243 Å². The maximum atomic E-state index is 14.0. The molecule has 41 heavy (non-hydrogen) atoms. The second-order valence-electron chi connectivity index (χ2n) is 9.41. The second-order valence-corrected chi connectivity index (χ2v) is 11.7. The molecular formula is C29H31ClFN3O6S. The molecule has 4 rings (SSSR count). The highest BCUT2D eigenvalue weighted by molar-refractivity contribution is 7.92. The summed E-state index contributed by atoms with van der Waals surface area (Å²) in [6, 6.07) is 14.8. The SMILES string of the molecule is CCCNC(=O)[C@H](C)N(Cc1ccc(Cl)cc1)C(=O)CN(c1ccc(F)cc1)S(=O)(=O)c1ccc2c(c1)OCCO2. The van der Waals surface area contributed by atoms with Crippen molar-refractivity contribution in [3.8, 4) is 11.5 Å². The predicted octanol–water partition coefficient (Wildman–Crippen LogP) is 4.39. The van der Waals surface area contributed by atoms with Gasteiger partial charge in [-0.05, 0) is 67.4 Å². The topological polar surface area (TPSA) is 105 Å². The van der Waals surface area contributed by atoms with Crippen LogP contribution in [0, 0.1) is 5.82 Å². The third-order valence-corrected chi connectivity index (χ3v) is 8.50. The first-order valence-electron chi connectivity index (χ1n) is 13.1. The Kier molecular flexibility index (Phi) is 9.72. The van der Waals surface area contributed by atoms with Crippen LogP contribution < -0.4 is 19.1 Å². The molecule has 0 saturated heterocycles. The van der Waals surface area contributed by atoms with Gasteiger partial charge >= 0.3 is 0 Å². The maximum absolute atomic E-state index is 14.0. The van der Waals surface area contributed by atoms with Crippen LogP contribution in [0.15, 0.2) is 71.6 Å². The minimum Gasteiger partial charge on any atom is -0.486 e. The van der Waals surface area contributed by atoms with E-state index in [-0.39, 0.29) is 35.4 Å². The number of benzene rings is 3. The van der Waals surface area contributed by atoms with Crippen molar-refractivity contribution in [2.75, 3.05) is 30.6 Å². The van der Waals surface area contributed by atoms with Crippen LogP contribution in [0.25, 0.3) is 0 Å². The van der Waals surface area contributed by atoms with Crippen molar-refractivity contribution < 1.29 is 31.9 Å². The monoisotopic (exact) mass is 603 g/mol. The van der Waals surface area contributed by atoms with Crippen molar-refractivity contribution >= 4 is 39.1 Å². The number of nitrogens with zero attached hydrogens (tertiary/aromatic N) is 2. The van der Waals surface area contributed by atoms with Crippen LogP contribution in [-0.2, 0) is 26.2 Å². The van der Waals surface area contributed by atoms with E-state index in [2.05, 4.69) is 5.32 Å². The molecule has 1 heterocycles. The summed E-state index contributed by atoms with van der Waals surface area (Å²) in [6.45, 7) is 3.88. The number of nitrogens with one attached hydrogen (secondary N) is 1. The Morgan fingerprint density at radius 3 is 2.32 bits per heavy atom. The fraction of sp³-hybridized carbons (Fsp3) is 0.310. The number of fused-ring (bicyclic) bond motifs is 1. The van der Waals surface area contributed by atoms with E-state index in [9.17, 15) is 22.4 Å². The van der Waals surface area contributed by atoms with Crippen molar-refractivity contribution in [3.63, 3.8) is 0 Å². The second kappa shape index (κ2) is 13.2. The van der Waals surface area contributed by atoms with Crippen LogP contribution in [0.4, 0.5) is 10.1 Å². The predicted molar refractivity (Wildman–Crippen MR) is 153 cm³/mol. The smallest absolute Gasteiger partial charge is 0.264 e. The normalized spacial score (nSPS) is 13.3. The van der Waals surface area contributed by atoms with E-state index in [0.717, 1.165) is 16.4 Å². The van der Waals surface area contributed by atoms with Gasteiger partial charge < -0.3 is 19.7 Å². The van der Waals surface area contributed by atoms with Crippen molar-refractivity contribution in [1.29, 1.82) is 0 Å². The molecule has 0 aliphatic carbocycles. The number of anilines is 1. The number of halogens is 2. The number of hydrogen-bond acceptors (Lipinski definition) is 6. The van der Waals surface area contributed by atoms with Crippen LogP contribution in [0.2, 0.25) is 5.02 Å². The Hall–Kier alpha value is -3.83. The molecule has 1 atom stereocenters. The molecule has 0 aromatic heterocycles. The Bertz CT molecular complexity index is 1490. The molecule has 1 N–H and O–H groups in total. The lowest BCUT2D eigenvalue weighted by atomic mass is 10.1. The highest BCUT2D eigenvalue weighted by Crippen LogP contribution is 2.34. The molecule has 9 nitrogen and oxygen atoms in total. The van der Waals surface area contributed by atoms with Crippen LogP contribution in [0.3, 0.4) is 0 Å². The zero-order chi connectivity index (χ0) is 29.6. The van der Waals surface area contributed by atoms with Crippen molar-refractivity contribution in [2.24, 2.45) is 0 Å². The van der Waals surface area contributed by atoms with Crippen LogP contribution in [0.1, 0.15) is 25.8 Å². The summed E-state index contributed by atoms with van der Waals surface area (Å²) in [4.78, 5) is 28.0. The van der Waals surface area contributed by atoms with Crippen molar-refractivity contribution in [1.82, 2.24) is 10.2 Å². The molecule has 1 aliphatic heterocycles. The summed E-state index contributed by atoms with van der Waals surface area (Å²) in [7, 11) is -4.36. The Balaban J connectivity index is 1.71. The molecule has 0 saturated carbocycles. The van der Waals surface area contributed by atoms with Gasteiger partial charge in [0.1, 0.15) is 31.6 Å². The van der Waals surface area contributed by atoms with E-state index in [1.54, 1.807) is 31.2 Å². The third kappa shape index (κ3) is 7.28. The summed E-state index contributed by atoms with van der Waals surface area (Å²) < 4.78 is 53.7. The van der Waals surface area contributed by atoms with Gasteiger partial charge in [0.05, 0.1) is 10.6 Å². The molecule has 3 aromatic rings. The van der Waals surface area contributed by atoms with E-state index in [1.807, 2.05) is 6.92 Å². The maximum Gasteiger partial charge on any atom is 0.264 e. The standard InChI is InChI=1S/C29H31ClFN3O6S/c1-3-14-32-29(36)20(2)33(18-21-4-6-22(30)7-5-21)28(35)19-34(24-10-8-23(31)9-11-24)41(37,38)25-12-13-26-27(17-25)40-16-15-39-26/h4-13,17,20H,3,14-16,18-19H2,1-2H3,(H,32,36)/t20-/m0/s1. The Morgan fingerprint density at radius 2 is 1.66 bits per heavy atom. The van der Waals surface area contributed by atoms with Crippen LogP contribution in [-0.4, -0.2) is 57.5 Å². The van der Waals surface area contributed by atoms with Crippen molar-refractivity contribution in [2.45, 2.75) is 37.8 Å². The summed E-state index contributed by atoms with van der Waals surface area (Å²) in [5.41, 5.74) is 0.769. The molecule has 0 bridgehead atoms. The van der Waals surface area contributed by atoms with E-state index in [0.29, 0.717) is 35.9 Å². The summed E-state index contributed by atoms with van der Waals surface area (Å²) in [5.74, 6) is -0.918. The average Bonchev–Trinajstić information content (AvgIpc) is 2.98. The van der Waals surface area contributed by atoms with Gasteiger partial charge in [-0.3, -0.25) is 13.9 Å². The highest BCUT2D eigenvalue weighted by atomic mass is 35.5. The number of ether oxygens (including phenoxy) is 2. The molecule has 0 spiro atoms. The molecular weight excluding hydrogens is 573 g/mol. The van der Waals surface area contributed by atoms with Crippen LogP contribution >= 0.6 is 11.6 Å². The number of rotatable bonds is 11. The molecule has 218 valence electrons. The van der Waals surface area contributed by atoms with Gasteiger partial charge in [0, 0.05) is 24.2 Å². The van der Waals surface area contributed by atoms with Gasteiger partial charge in [-0.15, -0.1) is 0 Å². The molecule has 0 radical (unpaired) electrons. The largest absolute Gasteiger partial charge is 0.486 e. The van der Waals surface area contributed by atoms with Gasteiger partial charge in [0.2, 0.25) is 11.8 Å². The first-order valence-corrected chi connectivity index (χ1v) is 14.9. The number of amides is 2. The molecule has 0 unspecified atom stereocenters. The number of sulfonamides is 1. The van der Waals surface area contributed by atoms with Gasteiger partial charge in [0.15, 0.2) is 11.5 Å². The fourth-order valence-electron chi connectivity index (χ4n) is 4.21. The lowest BCUT2D eigenvalue weighted by Crippen LogP contribution is -2.51. The van der Waals surface area contributed by atoms with Gasteiger partial charge in [-0.1, -0.05) is 30.7 Å². The third-order valence-electron chi connectivity index (χ3n) is 6.48. The quantitative estimate of drug-likeness (QED) is 0.349. The van der Waals surface area contributed by atoms with Crippen LogP contribution in [0.5, 0.6) is 11.5 Å². The Morgan fingerprint density at radius 1 is 1.00 bits per heavy atom. The van der Waals surface area contributed by atoms with Gasteiger partial charge in [-0.2, -0.15) is 0 Å². The lowest BCUT2D eigenvalue weighted by Gasteiger charge is -2.32. The average molecular weight is 604 g/mol. The van der Waals surface area contributed by atoms with E-state index < -0.39 is 34.3 Å². The van der Waals surface area contributed by atoms with Gasteiger partial charge in [0.25, 0.3) is 10.0 Å². The summed E-state index contributed by atoms with van der Waals surface area (Å²) in [5, 5.41) is 3.29. The zero-order valence-corrected chi connectivity index (χ0v) is 24.3. The summed E-state index contributed by atoms with van der Waals surface area (Å²) >= 11 is 6.02. The minimum absolute atomic E-state index is 0.0258. The molecule has 3 aromatic carbocycles. The number of carbonyl (C=O) groups excluding carboxylic acids is 2. The van der Waals surface area contributed by atoms with Crippen molar-refractivity contribution in [3.05, 3.63) is 83.1 Å². The molecule has 12 heteroatoms. The van der Waals surface area contributed by atoms with E-state index >= 15 is 0 Å². The minimum atomic E-state index is -4.36. The number of hydrogen-bond donors (Lipinski definition) is 1. The highest BCUT2D eigenvalue weighted by Gasteiger charge is 2.33. The first-order chi connectivity index (χ1) is 19.6. The first kappa shape index (κ1) is 30.1. The lowest BCUT2D eigenvalue weighted by molar-refractivity contribution is -0.139. The van der Waals surface area contributed by atoms with E-state index in [4.69, 9.17) is 21.1 Å². The summed E-state index contributed by atoms with van der Waals surface area (Å²) in [6.07, 6.45) is 0.704. The fourth-order valence-corrected chi connectivity index (χ4v) is 5.77. The molecule has 0 fully saturated rings. The molecule has 2 amide bonds. The van der Waals surface area contributed by atoms with Gasteiger partial charge in [-0.25, -0.2) is 12.8 Å². The van der Waals surface area contributed by atoms with E-state index in [1.165, 1.54) is 35.2 Å². The molecule has 1 aliphatic rings.